The van der Waals surface area contributed by atoms with Crippen LogP contribution in [-0.4, -0.2) is 12.5 Å². The van der Waals surface area contributed by atoms with Crippen molar-refractivity contribution in [3.8, 4) is 5.75 Å². The highest BCUT2D eigenvalue weighted by Gasteiger charge is 2.14. The first-order valence-corrected chi connectivity index (χ1v) is 9.62. The lowest BCUT2D eigenvalue weighted by Crippen LogP contribution is -2.31. The lowest BCUT2D eigenvalue weighted by Gasteiger charge is -2.20. The van der Waals surface area contributed by atoms with Gasteiger partial charge in [0.25, 0.3) is 5.91 Å². The molecule has 0 aromatic heterocycles. The Labute approximate surface area is 157 Å². The second-order valence-electron chi connectivity index (χ2n) is 6.72. The standard InChI is InChI=1S/C21H24BrNO2/c1-14-11-19(9-10-20(14)22)25-13-21(24)23-15(2)17-8-7-16-5-3-4-6-18(16)12-17/h7-12,15H,3-6,13H2,1-2H3,(H,23,24). The average Bonchev–Trinajstić information content (AvgIpc) is 2.62. The van der Waals surface area contributed by atoms with Crippen LogP contribution in [0.2, 0.25) is 0 Å². The molecule has 1 N–H and O–H groups in total. The van der Waals surface area contributed by atoms with Crippen molar-refractivity contribution in [1.29, 1.82) is 0 Å². The van der Waals surface area contributed by atoms with Crippen LogP contribution in [0.5, 0.6) is 5.75 Å². The van der Waals surface area contributed by atoms with Gasteiger partial charge in [0, 0.05) is 4.47 Å². The molecule has 1 atom stereocenters. The molecular formula is C21H24BrNO2. The second kappa shape index (κ2) is 8.05. The number of ether oxygens (including phenoxy) is 1. The summed E-state index contributed by atoms with van der Waals surface area (Å²) in [4.78, 5) is 12.2. The van der Waals surface area contributed by atoms with E-state index in [-0.39, 0.29) is 18.6 Å². The van der Waals surface area contributed by atoms with Crippen LogP contribution in [0, 0.1) is 6.92 Å². The first-order chi connectivity index (χ1) is 12.0. The van der Waals surface area contributed by atoms with Crippen molar-refractivity contribution in [2.75, 3.05) is 6.61 Å². The van der Waals surface area contributed by atoms with E-state index in [1.807, 2.05) is 32.0 Å². The zero-order chi connectivity index (χ0) is 17.8. The Morgan fingerprint density at radius 2 is 1.92 bits per heavy atom. The summed E-state index contributed by atoms with van der Waals surface area (Å²) in [6.45, 7) is 4.04. The number of amides is 1. The number of hydrogen-bond donors (Lipinski definition) is 1. The quantitative estimate of drug-likeness (QED) is 0.773. The lowest BCUT2D eigenvalue weighted by atomic mass is 9.89. The van der Waals surface area contributed by atoms with Crippen LogP contribution in [0.1, 0.15) is 48.1 Å². The minimum Gasteiger partial charge on any atom is -0.484 e. The predicted octanol–water partition coefficient (Wildman–Crippen LogP) is 4.89. The van der Waals surface area contributed by atoms with Gasteiger partial charge in [0.15, 0.2) is 6.61 Å². The molecule has 3 rings (SSSR count). The lowest BCUT2D eigenvalue weighted by molar-refractivity contribution is -0.123. The first kappa shape index (κ1) is 18.0. The molecule has 1 amide bonds. The van der Waals surface area contributed by atoms with Gasteiger partial charge in [-0.05, 0) is 80.0 Å². The van der Waals surface area contributed by atoms with Crippen molar-refractivity contribution in [1.82, 2.24) is 5.32 Å². The molecule has 3 nitrogen and oxygen atoms in total. The van der Waals surface area contributed by atoms with Crippen LogP contribution in [0.15, 0.2) is 40.9 Å². The van der Waals surface area contributed by atoms with Crippen LogP contribution >= 0.6 is 15.9 Å². The van der Waals surface area contributed by atoms with Crippen LogP contribution < -0.4 is 10.1 Å². The summed E-state index contributed by atoms with van der Waals surface area (Å²) in [6, 6.07) is 12.3. The number of nitrogens with one attached hydrogen (secondary N) is 1. The fourth-order valence-corrected chi connectivity index (χ4v) is 3.49. The highest BCUT2D eigenvalue weighted by atomic mass is 79.9. The maximum Gasteiger partial charge on any atom is 0.258 e. The molecule has 1 unspecified atom stereocenters. The van der Waals surface area contributed by atoms with Gasteiger partial charge in [-0.15, -0.1) is 0 Å². The SMILES string of the molecule is Cc1cc(OCC(=O)NC(C)c2ccc3c(c2)CCCC3)ccc1Br. The molecule has 0 saturated heterocycles. The average molecular weight is 402 g/mol. The molecule has 132 valence electrons. The van der Waals surface area contributed by atoms with Crippen molar-refractivity contribution < 1.29 is 9.53 Å². The van der Waals surface area contributed by atoms with E-state index < -0.39 is 0 Å². The van der Waals surface area contributed by atoms with Crippen molar-refractivity contribution in [3.63, 3.8) is 0 Å². The Kier molecular flexibility index (Phi) is 5.79. The van der Waals surface area contributed by atoms with Crippen LogP contribution in [0.4, 0.5) is 0 Å². The summed E-state index contributed by atoms with van der Waals surface area (Å²) in [5.41, 5.74) is 5.14. The molecule has 0 fully saturated rings. The fourth-order valence-electron chi connectivity index (χ4n) is 3.25. The highest BCUT2D eigenvalue weighted by molar-refractivity contribution is 9.10. The molecule has 1 aliphatic rings. The molecular weight excluding hydrogens is 378 g/mol. The first-order valence-electron chi connectivity index (χ1n) is 8.83. The third-order valence-corrected chi connectivity index (χ3v) is 5.64. The van der Waals surface area contributed by atoms with E-state index in [1.165, 1.54) is 30.4 Å². The monoisotopic (exact) mass is 401 g/mol. The fraction of sp³-hybridized carbons (Fsp3) is 0.381. The molecule has 2 aromatic carbocycles. The van der Waals surface area contributed by atoms with E-state index in [0.29, 0.717) is 5.75 Å². The number of halogens is 1. The van der Waals surface area contributed by atoms with E-state index in [9.17, 15) is 4.79 Å². The summed E-state index contributed by atoms with van der Waals surface area (Å²) < 4.78 is 6.63. The van der Waals surface area contributed by atoms with E-state index >= 15 is 0 Å². The van der Waals surface area contributed by atoms with Crippen LogP contribution in [-0.2, 0) is 17.6 Å². The molecule has 0 heterocycles. The molecule has 2 aromatic rings. The Balaban J connectivity index is 1.56. The summed E-state index contributed by atoms with van der Waals surface area (Å²) in [7, 11) is 0. The minimum absolute atomic E-state index is 0.0185. The number of hydrogen-bond acceptors (Lipinski definition) is 2. The Morgan fingerprint density at radius 3 is 2.68 bits per heavy atom. The van der Waals surface area contributed by atoms with Crippen LogP contribution in [0.3, 0.4) is 0 Å². The zero-order valence-electron chi connectivity index (χ0n) is 14.8. The van der Waals surface area contributed by atoms with Gasteiger partial charge in [-0.25, -0.2) is 0 Å². The molecule has 0 aliphatic heterocycles. The Morgan fingerprint density at radius 1 is 1.16 bits per heavy atom. The van der Waals surface area contributed by atoms with Crippen molar-refractivity contribution >= 4 is 21.8 Å². The van der Waals surface area contributed by atoms with Gasteiger partial charge < -0.3 is 10.1 Å². The number of rotatable bonds is 5. The molecule has 0 saturated carbocycles. The smallest absolute Gasteiger partial charge is 0.258 e. The van der Waals surface area contributed by atoms with Gasteiger partial charge in [0.05, 0.1) is 6.04 Å². The molecule has 0 spiro atoms. The summed E-state index contributed by atoms with van der Waals surface area (Å²) >= 11 is 3.46. The number of carbonyl (C=O) groups is 1. The normalized spacial score (nSPS) is 14.5. The molecule has 25 heavy (non-hydrogen) atoms. The Bertz CT molecular complexity index is 772. The van der Waals surface area contributed by atoms with Gasteiger partial charge in [-0.3, -0.25) is 4.79 Å². The maximum absolute atomic E-state index is 12.2. The molecule has 1 aliphatic carbocycles. The minimum atomic E-state index is -0.106. The number of benzene rings is 2. The molecule has 4 heteroatoms. The number of fused-ring (bicyclic) bond motifs is 1. The second-order valence-corrected chi connectivity index (χ2v) is 7.58. The predicted molar refractivity (Wildman–Crippen MR) is 104 cm³/mol. The van der Waals surface area contributed by atoms with E-state index in [2.05, 4.69) is 39.4 Å². The molecule has 0 bridgehead atoms. The van der Waals surface area contributed by atoms with Gasteiger partial charge in [0.1, 0.15) is 5.75 Å². The maximum atomic E-state index is 12.2. The topological polar surface area (TPSA) is 38.3 Å². The zero-order valence-corrected chi connectivity index (χ0v) is 16.4. The molecule has 0 radical (unpaired) electrons. The third-order valence-electron chi connectivity index (χ3n) is 4.75. The van der Waals surface area contributed by atoms with Gasteiger partial charge in [-0.1, -0.05) is 34.1 Å². The summed E-state index contributed by atoms with van der Waals surface area (Å²) in [5, 5.41) is 3.03. The number of aryl methyl sites for hydroxylation is 3. The number of carbonyl (C=O) groups excluding carboxylic acids is 1. The van der Waals surface area contributed by atoms with Crippen molar-refractivity contribution in [3.05, 3.63) is 63.1 Å². The largest absolute Gasteiger partial charge is 0.484 e. The van der Waals surface area contributed by atoms with E-state index in [0.717, 1.165) is 22.0 Å². The Hall–Kier alpha value is -1.81. The highest BCUT2D eigenvalue weighted by Crippen LogP contribution is 2.25. The van der Waals surface area contributed by atoms with Gasteiger partial charge in [0.2, 0.25) is 0 Å². The van der Waals surface area contributed by atoms with Crippen molar-refractivity contribution in [2.45, 2.75) is 45.6 Å². The van der Waals surface area contributed by atoms with Gasteiger partial charge in [-0.2, -0.15) is 0 Å². The summed E-state index contributed by atoms with van der Waals surface area (Å²) in [5.74, 6) is 0.600. The summed E-state index contributed by atoms with van der Waals surface area (Å²) in [6.07, 6.45) is 4.87. The van der Waals surface area contributed by atoms with Crippen molar-refractivity contribution in [2.24, 2.45) is 0 Å². The van der Waals surface area contributed by atoms with E-state index in [1.54, 1.807) is 0 Å². The third kappa shape index (κ3) is 4.63. The van der Waals surface area contributed by atoms with E-state index in [4.69, 9.17) is 4.74 Å². The van der Waals surface area contributed by atoms with Crippen LogP contribution in [0.25, 0.3) is 0 Å². The van der Waals surface area contributed by atoms with Gasteiger partial charge >= 0.3 is 0 Å².